The van der Waals surface area contributed by atoms with Crippen LogP contribution >= 0.6 is 11.6 Å². The molecule has 2 amide bonds. The van der Waals surface area contributed by atoms with Crippen LogP contribution in [-0.2, 0) is 0 Å². The van der Waals surface area contributed by atoms with E-state index in [-0.39, 0.29) is 17.9 Å². The average Bonchev–Trinajstić information content (AvgIpc) is 3.04. The summed E-state index contributed by atoms with van der Waals surface area (Å²) in [5.74, 6) is 0.929. The summed E-state index contributed by atoms with van der Waals surface area (Å²) in [5, 5.41) is 13.1. The van der Waals surface area contributed by atoms with Gasteiger partial charge in [0.1, 0.15) is 0 Å². The fraction of sp³-hybridized carbons (Fsp3) is 0.600. The Morgan fingerprint density at radius 3 is 2.76 bits per heavy atom. The molecule has 2 heterocycles. The van der Waals surface area contributed by atoms with Crippen molar-refractivity contribution >= 4 is 23.3 Å². The van der Waals surface area contributed by atoms with Crippen LogP contribution in [0.4, 0.5) is 10.5 Å². The Labute approximate surface area is 154 Å². The van der Waals surface area contributed by atoms with Gasteiger partial charge in [0.05, 0.1) is 12.0 Å². The Morgan fingerprint density at radius 1 is 1.28 bits per heavy atom. The largest absolute Gasteiger partial charge is 0.322 e. The number of urea groups is 1. The van der Waals surface area contributed by atoms with Crippen molar-refractivity contribution in [2.24, 2.45) is 11.8 Å². The topological polar surface area (TPSA) is 56.1 Å². The molecule has 5 heteroatoms. The lowest BCUT2D eigenvalue weighted by molar-refractivity contribution is -0.00601. The molecule has 2 bridgehead atoms. The fourth-order valence-electron chi connectivity index (χ4n) is 5.06. The summed E-state index contributed by atoms with van der Waals surface area (Å²) < 4.78 is 0. The van der Waals surface area contributed by atoms with E-state index in [9.17, 15) is 10.1 Å². The van der Waals surface area contributed by atoms with Crippen molar-refractivity contribution in [1.82, 2.24) is 4.90 Å². The number of piperidine rings is 1. The van der Waals surface area contributed by atoms with Gasteiger partial charge in [-0.1, -0.05) is 24.9 Å². The first-order valence-corrected chi connectivity index (χ1v) is 9.73. The van der Waals surface area contributed by atoms with Crippen LogP contribution in [0.25, 0.3) is 0 Å². The molecule has 4 nitrogen and oxygen atoms in total. The van der Waals surface area contributed by atoms with Crippen molar-refractivity contribution < 1.29 is 4.79 Å². The molecule has 2 saturated carbocycles. The molecule has 5 rings (SSSR count). The molecule has 2 aliphatic carbocycles. The van der Waals surface area contributed by atoms with E-state index in [1.54, 1.807) is 0 Å². The summed E-state index contributed by atoms with van der Waals surface area (Å²) in [6.07, 6.45) is 6.36. The minimum atomic E-state index is 0.00433. The second-order valence-corrected chi connectivity index (χ2v) is 8.37. The van der Waals surface area contributed by atoms with Gasteiger partial charge in [-0.3, -0.25) is 0 Å². The number of carbonyl (C=O) groups is 1. The Bertz CT molecular complexity index is 716. The highest BCUT2D eigenvalue weighted by Crippen LogP contribution is 2.43. The Morgan fingerprint density at radius 2 is 2.04 bits per heavy atom. The maximum Gasteiger partial charge on any atom is 0.322 e. The van der Waals surface area contributed by atoms with Gasteiger partial charge in [-0.2, -0.15) is 5.26 Å². The summed E-state index contributed by atoms with van der Waals surface area (Å²) in [4.78, 5) is 14.7. The predicted octanol–water partition coefficient (Wildman–Crippen LogP) is 5.15. The van der Waals surface area contributed by atoms with Crippen LogP contribution in [0.15, 0.2) is 18.2 Å². The third kappa shape index (κ3) is 3.00. The van der Waals surface area contributed by atoms with E-state index in [4.69, 9.17) is 11.6 Å². The SMILES string of the molecule is CC1CC2CC(C1)N2C(=O)Nc1ccc(Cl)c(C2CCC[C@H]2C#N)c1. The Kier molecular flexibility index (Phi) is 4.37. The van der Waals surface area contributed by atoms with Crippen molar-refractivity contribution in [3.63, 3.8) is 0 Å². The predicted molar refractivity (Wildman–Crippen MR) is 98.6 cm³/mol. The first kappa shape index (κ1) is 16.7. The van der Waals surface area contributed by atoms with Crippen molar-refractivity contribution in [3.8, 4) is 6.07 Å². The molecule has 1 N–H and O–H groups in total. The van der Waals surface area contributed by atoms with E-state index in [0.717, 1.165) is 55.7 Å². The molecule has 2 aliphatic heterocycles. The lowest BCUT2D eigenvalue weighted by atomic mass is 9.74. The molecule has 4 aliphatic rings. The number of hydrogen-bond acceptors (Lipinski definition) is 2. The Hall–Kier alpha value is -1.73. The van der Waals surface area contributed by atoms with Gasteiger partial charge in [-0.15, -0.1) is 0 Å². The van der Waals surface area contributed by atoms with Gasteiger partial charge in [-0.05, 0) is 61.8 Å². The normalized spacial score (nSPS) is 33.5. The van der Waals surface area contributed by atoms with E-state index in [1.807, 2.05) is 23.1 Å². The summed E-state index contributed by atoms with van der Waals surface area (Å²) >= 11 is 6.40. The minimum absolute atomic E-state index is 0.00433. The fourth-order valence-corrected chi connectivity index (χ4v) is 5.32. The van der Waals surface area contributed by atoms with Crippen LogP contribution in [0.1, 0.15) is 56.9 Å². The maximum absolute atomic E-state index is 12.7. The van der Waals surface area contributed by atoms with E-state index >= 15 is 0 Å². The number of nitriles is 1. The molecule has 132 valence electrons. The van der Waals surface area contributed by atoms with Crippen LogP contribution in [0, 0.1) is 23.2 Å². The number of rotatable bonds is 2. The van der Waals surface area contributed by atoms with Gasteiger partial charge in [-0.25, -0.2) is 4.79 Å². The van der Waals surface area contributed by atoms with Gasteiger partial charge in [0.15, 0.2) is 0 Å². The highest BCUT2D eigenvalue weighted by Gasteiger charge is 2.46. The van der Waals surface area contributed by atoms with Crippen molar-refractivity contribution in [2.45, 2.75) is 63.5 Å². The summed E-state index contributed by atoms with van der Waals surface area (Å²) in [6, 6.07) is 8.90. The number of carbonyl (C=O) groups excluding carboxylic acids is 1. The monoisotopic (exact) mass is 357 g/mol. The molecule has 0 radical (unpaired) electrons. The number of fused-ring (bicyclic) bond motifs is 2. The number of benzene rings is 1. The summed E-state index contributed by atoms with van der Waals surface area (Å²) in [6.45, 7) is 2.27. The molecule has 2 saturated heterocycles. The number of nitrogens with zero attached hydrogens (tertiary/aromatic N) is 2. The van der Waals surface area contributed by atoms with Gasteiger partial charge < -0.3 is 10.2 Å². The molecule has 0 spiro atoms. The number of anilines is 1. The molecule has 4 atom stereocenters. The van der Waals surface area contributed by atoms with Crippen LogP contribution in [0.3, 0.4) is 0 Å². The first-order valence-electron chi connectivity index (χ1n) is 9.35. The minimum Gasteiger partial charge on any atom is -0.318 e. The van der Waals surface area contributed by atoms with Gasteiger partial charge in [0, 0.05) is 28.7 Å². The highest BCUT2D eigenvalue weighted by molar-refractivity contribution is 6.31. The van der Waals surface area contributed by atoms with Crippen molar-refractivity contribution in [2.75, 3.05) is 5.32 Å². The van der Waals surface area contributed by atoms with Gasteiger partial charge in [0.2, 0.25) is 0 Å². The zero-order valence-electron chi connectivity index (χ0n) is 14.5. The van der Waals surface area contributed by atoms with E-state index in [1.165, 1.54) is 0 Å². The van der Waals surface area contributed by atoms with Crippen molar-refractivity contribution in [1.29, 1.82) is 5.26 Å². The van der Waals surface area contributed by atoms with Crippen LogP contribution in [0.5, 0.6) is 0 Å². The van der Waals surface area contributed by atoms with E-state index in [2.05, 4.69) is 18.3 Å². The zero-order chi connectivity index (χ0) is 17.6. The Balaban J connectivity index is 1.49. The third-order valence-electron chi connectivity index (χ3n) is 6.24. The lowest BCUT2D eigenvalue weighted by Crippen LogP contribution is -2.63. The number of hydrogen-bond donors (Lipinski definition) is 1. The number of halogens is 1. The molecule has 25 heavy (non-hydrogen) atoms. The highest BCUT2D eigenvalue weighted by atomic mass is 35.5. The van der Waals surface area contributed by atoms with E-state index < -0.39 is 0 Å². The molecular formula is C20H24ClN3O. The smallest absolute Gasteiger partial charge is 0.318 e. The van der Waals surface area contributed by atoms with Crippen molar-refractivity contribution in [3.05, 3.63) is 28.8 Å². The second-order valence-electron chi connectivity index (χ2n) is 7.97. The first-order chi connectivity index (χ1) is 12.1. The number of amides is 2. The summed E-state index contributed by atoms with van der Waals surface area (Å²) in [5.41, 5.74) is 1.78. The van der Waals surface area contributed by atoms with Crippen LogP contribution in [0.2, 0.25) is 5.02 Å². The zero-order valence-corrected chi connectivity index (χ0v) is 15.3. The maximum atomic E-state index is 12.7. The molecular weight excluding hydrogens is 334 g/mol. The van der Waals surface area contributed by atoms with Gasteiger partial charge in [0.25, 0.3) is 0 Å². The molecule has 1 aromatic rings. The summed E-state index contributed by atoms with van der Waals surface area (Å²) in [7, 11) is 0. The second kappa shape index (κ2) is 6.53. The molecule has 0 aromatic heterocycles. The lowest BCUT2D eigenvalue weighted by Gasteiger charge is -2.54. The molecule has 1 aromatic carbocycles. The van der Waals surface area contributed by atoms with E-state index in [0.29, 0.717) is 17.1 Å². The third-order valence-corrected chi connectivity index (χ3v) is 6.59. The van der Waals surface area contributed by atoms with Crippen LogP contribution < -0.4 is 5.32 Å². The average molecular weight is 358 g/mol. The molecule has 3 unspecified atom stereocenters. The quantitative estimate of drug-likeness (QED) is 0.795. The molecule has 4 fully saturated rings. The number of nitrogens with one attached hydrogen (secondary N) is 1. The standard InChI is InChI=1S/C20H24ClN3O/c1-12-7-15-10-16(8-12)24(15)20(25)23-14-5-6-19(21)18(9-14)17-4-2-3-13(17)11-22/h5-6,9,12-13,15-17H,2-4,7-8,10H2,1H3,(H,23,25)/t12?,13-,15?,16?,17?/m0/s1. The van der Waals surface area contributed by atoms with Crippen LogP contribution in [-0.4, -0.2) is 23.0 Å². The van der Waals surface area contributed by atoms with Gasteiger partial charge >= 0.3 is 6.03 Å².